The van der Waals surface area contributed by atoms with E-state index in [2.05, 4.69) is 9.80 Å². The molecule has 0 aliphatic carbocycles. The van der Waals surface area contributed by atoms with Gasteiger partial charge < -0.3 is 32.1 Å². The molecule has 7 N–H and O–H groups in total. The quantitative estimate of drug-likeness (QED) is 0.431. The molecule has 2 fully saturated rings. The number of aromatic hydroxyl groups is 1. The van der Waals surface area contributed by atoms with Crippen LogP contribution in [0.25, 0.3) is 0 Å². The Morgan fingerprint density at radius 2 is 1.34 bits per heavy atom. The molecule has 10 nitrogen and oxygen atoms in total. The second-order valence-corrected chi connectivity index (χ2v) is 9.43. The summed E-state index contributed by atoms with van der Waals surface area (Å²) in [6.45, 7) is 2.77. The van der Waals surface area contributed by atoms with E-state index in [0.717, 1.165) is 37.2 Å². The Hall–Kier alpha value is -3.47. The maximum atomic E-state index is 9.87. The third kappa shape index (κ3) is 5.29. The van der Waals surface area contributed by atoms with Crippen LogP contribution >= 0.6 is 0 Å². The van der Waals surface area contributed by atoms with Crippen molar-refractivity contribution < 1.29 is 5.11 Å². The third-order valence-electron chi connectivity index (χ3n) is 6.46. The molecule has 0 saturated carbocycles. The van der Waals surface area contributed by atoms with E-state index in [9.17, 15) is 5.11 Å². The van der Waals surface area contributed by atoms with E-state index in [-0.39, 0.29) is 23.9 Å². The van der Waals surface area contributed by atoms with Gasteiger partial charge in [0.2, 0.25) is 17.8 Å². The maximum absolute atomic E-state index is 9.87. The predicted molar refractivity (Wildman–Crippen MR) is 138 cm³/mol. The first-order valence-electron chi connectivity index (χ1n) is 12.1. The SMILES string of the molecule is N[C@@H]1C[C@H](N)CN(c2nc(N3CCC[C@H](N)C3)nc(N(c3ccccc3)c3ccc(O)cc3)n2)C1. The van der Waals surface area contributed by atoms with Gasteiger partial charge in [-0.2, -0.15) is 15.0 Å². The Morgan fingerprint density at radius 1 is 0.743 bits per heavy atom. The van der Waals surface area contributed by atoms with Crippen molar-refractivity contribution >= 4 is 29.2 Å². The molecule has 3 atom stereocenters. The van der Waals surface area contributed by atoms with Gasteiger partial charge in [-0.25, -0.2) is 0 Å². The molecule has 0 bridgehead atoms. The number of anilines is 5. The highest BCUT2D eigenvalue weighted by molar-refractivity contribution is 5.73. The highest BCUT2D eigenvalue weighted by Crippen LogP contribution is 2.35. The van der Waals surface area contributed by atoms with Crippen molar-refractivity contribution in [1.29, 1.82) is 0 Å². The normalized spacial score (nSPS) is 22.8. The van der Waals surface area contributed by atoms with Gasteiger partial charge in [-0.05, 0) is 55.7 Å². The van der Waals surface area contributed by atoms with Crippen LogP contribution in [-0.2, 0) is 0 Å². The Balaban J connectivity index is 1.63. The Labute approximate surface area is 205 Å². The summed E-state index contributed by atoms with van der Waals surface area (Å²) in [6, 6.07) is 16.9. The number of benzene rings is 2. The summed E-state index contributed by atoms with van der Waals surface area (Å²) in [5.41, 5.74) is 20.6. The lowest BCUT2D eigenvalue weighted by Crippen LogP contribution is -2.53. The van der Waals surface area contributed by atoms with Crippen molar-refractivity contribution in [2.75, 3.05) is 40.9 Å². The fourth-order valence-corrected chi connectivity index (χ4v) is 4.82. The van der Waals surface area contributed by atoms with Gasteiger partial charge in [-0.1, -0.05) is 18.2 Å². The van der Waals surface area contributed by atoms with Crippen LogP contribution < -0.4 is 31.9 Å². The van der Waals surface area contributed by atoms with Gasteiger partial charge in [0.25, 0.3) is 0 Å². The van der Waals surface area contributed by atoms with Gasteiger partial charge in [0.1, 0.15) is 5.75 Å². The van der Waals surface area contributed by atoms with Gasteiger partial charge >= 0.3 is 0 Å². The molecule has 5 rings (SSSR count). The number of nitrogens with two attached hydrogens (primary N) is 3. The lowest BCUT2D eigenvalue weighted by molar-refractivity contribution is 0.446. The van der Waals surface area contributed by atoms with Gasteiger partial charge in [0, 0.05) is 55.7 Å². The number of aromatic nitrogens is 3. The van der Waals surface area contributed by atoms with Crippen molar-refractivity contribution in [3.05, 3.63) is 54.6 Å². The van der Waals surface area contributed by atoms with E-state index in [4.69, 9.17) is 32.2 Å². The van der Waals surface area contributed by atoms with Gasteiger partial charge in [-0.3, -0.25) is 4.90 Å². The zero-order valence-corrected chi connectivity index (χ0v) is 19.7. The molecule has 35 heavy (non-hydrogen) atoms. The minimum atomic E-state index is -0.0480. The van der Waals surface area contributed by atoms with Crippen LogP contribution in [0.15, 0.2) is 54.6 Å². The zero-order chi connectivity index (χ0) is 24.4. The van der Waals surface area contributed by atoms with E-state index in [1.54, 1.807) is 12.1 Å². The lowest BCUT2D eigenvalue weighted by atomic mass is 10.0. The van der Waals surface area contributed by atoms with E-state index < -0.39 is 0 Å². The van der Waals surface area contributed by atoms with Crippen LogP contribution in [0.3, 0.4) is 0 Å². The monoisotopic (exact) mass is 475 g/mol. The molecule has 0 radical (unpaired) electrons. The summed E-state index contributed by atoms with van der Waals surface area (Å²) < 4.78 is 0. The van der Waals surface area contributed by atoms with Crippen molar-refractivity contribution in [3.8, 4) is 5.75 Å². The minimum absolute atomic E-state index is 0.0480. The summed E-state index contributed by atoms with van der Waals surface area (Å²) in [7, 11) is 0. The molecular weight excluding hydrogens is 442 g/mol. The largest absolute Gasteiger partial charge is 0.508 e. The lowest BCUT2D eigenvalue weighted by Gasteiger charge is -2.36. The Kier molecular flexibility index (Phi) is 6.67. The summed E-state index contributed by atoms with van der Waals surface area (Å²) >= 11 is 0. The first-order chi connectivity index (χ1) is 17.0. The van der Waals surface area contributed by atoms with E-state index >= 15 is 0 Å². The molecule has 10 heteroatoms. The Bertz CT molecular complexity index is 1120. The molecule has 2 aliphatic rings. The van der Waals surface area contributed by atoms with Crippen molar-refractivity contribution in [2.45, 2.75) is 37.4 Å². The number of nitrogens with zero attached hydrogens (tertiary/aromatic N) is 6. The number of piperidine rings is 2. The average molecular weight is 476 g/mol. The van der Waals surface area contributed by atoms with Crippen LogP contribution in [0.5, 0.6) is 5.75 Å². The van der Waals surface area contributed by atoms with Crippen LogP contribution in [-0.4, -0.2) is 64.4 Å². The highest BCUT2D eigenvalue weighted by Gasteiger charge is 2.28. The topological polar surface area (TPSA) is 147 Å². The van der Waals surface area contributed by atoms with Crippen LogP contribution in [0, 0.1) is 0 Å². The molecule has 0 amide bonds. The second kappa shape index (κ2) is 10.0. The first kappa shape index (κ1) is 23.3. The van der Waals surface area contributed by atoms with Crippen molar-refractivity contribution in [3.63, 3.8) is 0 Å². The molecule has 2 aliphatic heterocycles. The number of phenolic OH excluding ortho intramolecular Hbond substituents is 1. The van der Waals surface area contributed by atoms with E-state index in [1.165, 1.54) is 0 Å². The molecule has 0 spiro atoms. The molecule has 3 aromatic rings. The smallest absolute Gasteiger partial charge is 0.241 e. The van der Waals surface area contributed by atoms with Crippen LogP contribution in [0.1, 0.15) is 19.3 Å². The zero-order valence-electron chi connectivity index (χ0n) is 19.7. The molecular formula is C25H33N9O. The maximum Gasteiger partial charge on any atom is 0.241 e. The summed E-state index contributed by atoms with van der Waals surface area (Å²) in [4.78, 5) is 20.8. The fraction of sp³-hybridized carbons (Fsp3) is 0.400. The number of rotatable bonds is 5. The van der Waals surface area contributed by atoms with Gasteiger partial charge in [0.05, 0.1) is 0 Å². The summed E-state index contributed by atoms with van der Waals surface area (Å²) in [5.74, 6) is 1.81. The number of hydrogen-bond acceptors (Lipinski definition) is 10. The standard InChI is InChI=1S/C25H33N9O/c26-17-5-4-12-32(14-17)23-29-24(33-15-18(27)13-19(28)16-33)31-25(30-23)34(20-6-2-1-3-7-20)21-8-10-22(35)11-9-21/h1-3,6-11,17-19,35H,4-5,12-16,26-28H2/t17-,18-,19+/m0/s1. The molecule has 1 aromatic heterocycles. The highest BCUT2D eigenvalue weighted by atomic mass is 16.3. The first-order valence-corrected chi connectivity index (χ1v) is 12.1. The van der Waals surface area contributed by atoms with E-state index in [0.29, 0.717) is 37.5 Å². The van der Waals surface area contributed by atoms with Crippen molar-refractivity contribution in [2.24, 2.45) is 17.2 Å². The van der Waals surface area contributed by atoms with Gasteiger partial charge in [0.15, 0.2) is 0 Å². The number of hydrogen-bond donors (Lipinski definition) is 4. The summed E-state index contributed by atoms with van der Waals surface area (Å²) in [5, 5.41) is 9.87. The van der Waals surface area contributed by atoms with E-state index in [1.807, 2.05) is 47.4 Å². The molecule has 0 unspecified atom stereocenters. The summed E-state index contributed by atoms with van der Waals surface area (Å²) in [6.07, 6.45) is 2.74. The van der Waals surface area contributed by atoms with Crippen LogP contribution in [0.4, 0.5) is 29.2 Å². The molecule has 2 aromatic carbocycles. The molecule has 2 saturated heterocycles. The molecule has 3 heterocycles. The predicted octanol–water partition coefficient (Wildman–Crippen LogP) is 1.84. The van der Waals surface area contributed by atoms with Crippen LogP contribution in [0.2, 0.25) is 0 Å². The average Bonchev–Trinajstić information content (AvgIpc) is 2.85. The fourth-order valence-electron chi connectivity index (χ4n) is 4.82. The third-order valence-corrected chi connectivity index (χ3v) is 6.46. The minimum Gasteiger partial charge on any atom is -0.508 e. The Morgan fingerprint density at radius 3 is 2.00 bits per heavy atom. The second-order valence-electron chi connectivity index (χ2n) is 9.43. The van der Waals surface area contributed by atoms with Gasteiger partial charge in [-0.15, -0.1) is 0 Å². The number of para-hydroxylation sites is 1. The van der Waals surface area contributed by atoms with Crippen molar-refractivity contribution in [1.82, 2.24) is 15.0 Å². The molecule has 184 valence electrons. The number of phenols is 1.